The lowest BCUT2D eigenvalue weighted by atomic mass is 10.1. The molecular weight excluding hydrogens is 206 g/mol. The number of cyclic esters (lactones) is 1. The van der Waals surface area contributed by atoms with Crippen LogP contribution in [0, 0.1) is 13.8 Å². The Hall–Kier alpha value is -1.71. The molecule has 4 nitrogen and oxygen atoms in total. The first-order valence-corrected chi connectivity index (χ1v) is 5.29. The number of carbonyl (C=O) groups is 1. The number of alkyl carbamates (subject to hydrolysis) is 1. The maximum atomic E-state index is 10.8. The quantitative estimate of drug-likeness (QED) is 0.846. The molecule has 0 saturated carbocycles. The first kappa shape index (κ1) is 10.8. The van der Waals surface area contributed by atoms with Crippen LogP contribution in [0.2, 0.25) is 0 Å². The van der Waals surface area contributed by atoms with E-state index in [1.54, 1.807) is 0 Å². The average molecular weight is 221 g/mol. The lowest BCUT2D eigenvalue weighted by molar-refractivity contribution is 0.105. The predicted octanol–water partition coefficient (Wildman–Crippen LogP) is 1.79. The summed E-state index contributed by atoms with van der Waals surface area (Å²) in [5.41, 5.74) is 2.43. The van der Waals surface area contributed by atoms with Crippen molar-refractivity contribution in [2.75, 3.05) is 13.2 Å². The van der Waals surface area contributed by atoms with E-state index in [0.717, 1.165) is 5.75 Å². The van der Waals surface area contributed by atoms with E-state index < -0.39 is 0 Å². The Labute approximate surface area is 94.6 Å². The van der Waals surface area contributed by atoms with Gasteiger partial charge in [0.15, 0.2) is 6.10 Å². The van der Waals surface area contributed by atoms with E-state index >= 15 is 0 Å². The molecule has 1 aliphatic rings. The van der Waals surface area contributed by atoms with E-state index in [-0.39, 0.29) is 12.2 Å². The number of benzene rings is 1. The maximum Gasteiger partial charge on any atom is 0.407 e. The van der Waals surface area contributed by atoms with E-state index in [9.17, 15) is 4.79 Å². The second-order valence-corrected chi connectivity index (χ2v) is 3.97. The fourth-order valence-corrected chi connectivity index (χ4v) is 1.52. The minimum atomic E-state index is -0.367. The van der Waals surface area contributed by atoms with Gasteiger partial charge in [-0.1, -0.05) is 6.07 Å². The van der Waals surface area contributed by atoms with Gasteiger partial charge in [0.1, 0.15) is 12.4 Å². The lowest BCUT2D eigenvalue weighted by Gasteiger charge is -2.11. The molecule has 0 aromatic heterocycles. The van der Waals surface area contributed by atoms with Crippen LogP contribution in [0.25, 0.3) is 0 Å². The number of aryl methyl sites for hydroxylation is 2. The molecule has 0 bridgehead atoms. The summed E-state index contributed by atoms with van der Waals surface area (Å²) in [6.45, 7) is 5.01. The molecule has 1 aromatic rings. The molecule has 0 radical (unpaired) electrons. The highest BCUT2D eigenvalue weighted by molar-refractivity contribution is 5.69. The number of hydrogen-bond donors (Lipinski definition) is 1. The molecule has 1 saturated heterocycles. The molecular formula is C12H15NO3. The van der Waals surface area contributed by atoms with Crippen LogP contribution in [0.3, 0.4) is 0 Å². The molecule has 86 valence electrons. The van der Waals surface area contributed by atoms with Crippen molar-refractivity contribution in [3.63, 3.8) is 0 Å². The maximum absolute atomic E-state index is 10.8. The summed E-state index contributed by atoms with van der Waals surface area (Å²) in [5, 5.41) is 2.59. The zero-order chi connectivity index (χ0) is 11.5. The van der Waals surface area contributed by atoms with E-state index in [4.69, 9.17) is 9.47 Å². The van der Waals surface area contributed by atoms with E-state index in [1.807, 2.05) is 25.1 Å². The molecule has 1 fully saturated rings. The topological polar surface area (TPSA) is 47.6 Å². The summed E-state index contributed by atoms with van der Waals surface area (Å²) in [7, 11) is 0. The summed E-state index contributed by atoms with van der Waals surface area (Å²) >= 11 is 0. The van der Waals surface area contributed by atoms with Gasteiger partial charge in [0.25, 0.3) is 0 Å². The van der Waals surface area contributed by atoms with Gasteiger partial charge in [-0.3, -0.25) is 0 Å². The second kappa shape index (κ2) is 4.43. The normalized spacial score (nSPS) is 19.1. The van der Waals surface area contributed by atoms with E-state index in [1.165, 1.54) is 11.1 Å². The molecule has 1 atom stereocenters. The van der Waals surface area contributed by atoms with Gasteiger partial charge in [-0.15, -0.1) is 0 Å². The molecule has 1 N–H and O–H groups in total. The highest BCUT2D eigenvalue weighted by atomic mass is 16.6. The first-order chi connectivity index (χ1) is 7.65. The summed E-state index contributed by atoms with van der Waals surface area (Å²) in [5.74, 6) is 0.811. The molecule has 2 rings (SSSR count). The number of rotatable bonds is 3. The molecule has 1 aliphatic heterocycles. The van der Waals surface area contributed by atoms with Gasteiger partial charge in [0.05, 0.1) is 6.54 Å². The van der Waals surface area contributed by atoms with Crippen molar-refractivity contribution in [3.8, 4) is 5.75 Å². The van der Waals surface area contributed by atoms with Crippen molar-refractivity contribution in [2.45, 2.75) is 20.0 Å². The van der Waals surface area contributed by atoms with E-state index in [0.29, 0.717) is 13.2 Å². The Kier molecular flexibility index (Phi) is 2.99. The van der Waals surface area contributed by atoms with Gasteiger partial charge in [-0.05, 0) is 37.1 Å². The fraction of sp³-hybridized carbons (Fsp3) is 0.417. The molecule has 1 heterocycles. The van der Waals surface area contributed by atoms with Crippen molar-refractivity contribution < 1.29 is 14.3 Å². The minimum absolute atomic E-state index is 0.186. The number of amides is 1. The summed E-state index contributed by atoms with van der Waals surface area (Å²) in [4.78, 5) is 10.8. The predicted molar refractivity (Wildman–Crippen MR) is 59.7 cm³/mol. The van der Waals surface area contributed by atoms with Crippen LogP contribution in [-0.2, 0) is 4.74 Å². The molecule has 0 aliphatic carbocycles. The van der Waals surface area contributed by atoms with Crippen molar-refractivity contribution >= 4 is 6.09 Å². The largest absolute Gasteiger partial charge is 0.490 e. The molecule has 16 heavy (non-hydrogen) atoms. The van der Waals surface area contributed by atoms with Crippen LogP contribution in [0.4, 0.5) is 4.79 Å². The SMILES string of the molecule is Cc1ccc(OCC2CNC(=O)O2)cc1C. The third kappa shape index (κ3) is 2.45. The minimum Gasteiger partial charge on any atom is -0.490 e. The van der Waals surface area contributed by atoms with Crippen molar-refractivity contribution in [3.05, 3.63) is 29.3 Å². The van der Waals surface area contributed by atoms with Gasteiger partial charge >= 0.3 is 6.09 Å². The molecule has 4 heteroatoms. The van der Waals surface area contributed by atoms with Crippen LogP contribution < -0.4 is 10.1 Å². The van der Waals surface area contributed by atoms with Gasteiger partial charge in [-0.2, -0.15) is 0 Å². The summed E-state index contributed by atoms with van der Waals surface area (Å²) in [6, 6.07) is 5.93. The Morgan fingerprint density at radius 2 is 2.25 bits per heavy atom. The monoisotopic (exact) mass is 221 g/mol. The Morgan fingerprint density at radius 3 is 2.88 bits per heavy atom. The van der Waals surface area contributed by atoms with Crippen LogP contribution in [0.1, 0.15) is 11.1 Å². The van der Waals surface area contributed by atoms with Crippen LogP contribution in [0.5, 0.6) is 5.75 Å². The summed E-state index contributed by atoms with van der Waals surface area (Å²) < 4.78 is 10.5. The highest BCUT2D eigenvalue weighted by Gasteiger charge is 2.22. The second-order valence-electron chi connectivity index (χ2n) is 3.97. The Balaban J connectivity index is 1.89. The Bertz CT molecular complexity index is 403. The van der Waals surface area contributed by atoms with Gasteiger partial charge in [0.2, 0.25) is 0 Å². The zero-order valence-electron chi connectivity index (χ0n) is 9.45. The molecule has 1 amide bonds. The first-order valence-electron chi connectivity index (χ1n) is 5.29. The molecule has 0 spiro atoms. The third-order valence-electron chi connectivity index (χ3n) is 2.66. The van der Waals surface area contributed by atoms with Crippen LogP contribution in [-0.4, -0.2) is 25.3 Å². The zero-order valence-corrected chi connectivity index (χ0v) is 9.45. The van der Waals surface area contributed by atoms with Crippen molar-refractivity contribution in [1.29, 1.82) is 0 Å². The smallest absolute Gasteiger partial charge is 0.407 e. The van der Waals surface area contributed by atoms with Crippen molar-refractivity contribution in [1.82, 2.24) is 5.32 Å². The standard InChI is InChI=1S/C12H15NO3/c1-8-3-4-10(5-9(8)2)15-7-11-6-13-12(14)16-11/h3-5,11H,6-7H2,1-2H3,(H,13,14). The number of carbonyl (C=O) groups excluding carboxylic acids is 1. The van der Waals surface area contributed by atoms with E-state index in [2.05, 4.69) is 12.2 Å². The number of ether oxygens (including phenoxy) is 2. The third-order valence-corrected chi connectivity index (χ3v) is 2.66. The average Bonchev–Trinajstić information content (AvgIpc) is 2.66. The Morgan fingerprint density at radius 1 is 1.44 bits per heavy atom. The van der Waals surface area contributed by atoms with Gasteiger partial charge in [-0.25, -0.2) is 4.79 Å². The van der Waals surface area contributed by atoms with Crippen molar-refractivity contribution in [2.24, 2.45) is 0 Å². The number of nitrogens with one attached hydrogen (secondary N) is 1. The fourth-order valence-electron chi connectivity index (χ4n) is 1.52. The van der Waals surface area contributed by atoms with Gasteiger partial charge < -0.3 is 14.8 Å². The number of hydrogen-bond acceptors (Lipinski definition) is 3. The van der Waals surface area contributed by atoms with Crippen LogP contribution in [0.15, 0.2) is 18.2 Å². The highest BCUT2D eigenvalue weighted by Crippen LogP contribution is 2.17. The summed E-state index contributed by atoms with van der Waals surface area (Å²) in [6.07, 6.45) is -0.553. The molecule has 1 aromatic carbocycles. The lowest BCUT2D eigenvalue weighted by Crippen LogP contribution is -2.21. The van der Waals surface area contributed by atoms with Gasteiger partial charge in [0, 0.05) is 0 Å². The van der Waals surface area contributed by atoms with Crippen LogP contribution >= 0.6 is 0 Å². The molecule has 1 unspecified atom stereocenters.